The first-order chi connectivity index (χ1) is 10.3. The lowest BCUT2D eigenvalue weighted by Gasteiger charge is -2.35. The second-order valence-corrected chi connectivity index (χ2v) is 5.76. The topological polar surface area (TPSA) is 42.8 Å². The standard InChI is InChI=1S/C15H19F3N2O2/c1-8-6-20(7-9(2)22-8)10(3)15(21)19-12-5-4-11(16)13(17)14(12)18/h4-5,8-10H,6-7H2,1-3H3,(H,19,21)/p+1/t8-,9-,10-/m0/s1. The van der Waals surface area contributed by atoms with Crippen molar-refractivity contribution in [2.45, 2.75) is 39.0 Å². The van der Waals surface area contributed by atoms with Crippen molar-refractivity contribution >= 4 is 11.6 Å². The minimum Gasteiger partial charge on any atom is -0.364 e. The fraction of sp³-hybridized carbons (Fsp3) is 0.533. The molecule has 22 heavy (non-hydrogen) atoms. The van der Waals surface area contributed by atoms with E-state index in [0.717, 1.165) is 17.0 Å². The molecule has 0 saturated carbocycles. The van der Waals surface area contributed by atoms with Crippen LogP contribution in [0.5, 0.6) is 0 Å². The monoisotopic (exact) mass is 317 g/mol. The Hall–Kier alpha value is -1.60. The smallest absolute Gasteiger partial charge is 0.282 e. The van der Waals surface area contributed by atoms with Crippen molar-refractivity contribution < 1.29 is 27.6 Å². The number of amides is 1. The van der Waals surface area contributed by atoms with E-state index in [4.69, 9.17) is 4.74 Å². The van der Waals surface area contributed by atoms with Crippen LogP contribution in [0, 0.1) is 17.5 Å². The molecule has 0 unspecified atom stereocenters. The molecule has 2 rings (SSSR count). The van der Waals surface area contributed by atoms with E-state index in [2.05, 4.69) is 5.32 Å². The third kappa shape index (κ3) is 3.59. The molecule has 1 amide bonds. The lowest BCUT2D eigenvalue weighted by atomic mass is 10.1. The van der Waals surface area contributed by atoms with Crippen LogP contribution in [0.25, 0.3) is 0 Å². The Balaban J connectivity index is 2.07. The van der Waals surface area contributed by atoms with Crippen molar-refractivity contribution in [2.24, 2.45) is 0 Å². The highest BCUT2D eigenvalue weighted by Crippen LogP contribution is 2.19. The average Bonchev–Trinajstić information content (AvgIpc) is 2.46. The predicted octanol–water partition coefficient (Wildman–Crippen LogP) is 1.12. The third-order valence-electron chi connectivity index (χ3n) is 3.86. The number of nitrogens with one attached hydrogen (secondary N) is 2. The van der Waals surface area contributed by atoms with E-state index in [0.29, 0.717) is 13.1 Å². The van der Waals surface area contributed by atoms with Crippen molar-refractivity contribution in [3.05, 3.63) is 29.6 Å². The lowest BCUT2D eigenvalue weighted by Crippen LogP contribution is -3.19. The van der Waals surface area contributed by atoms with E-state index in [1.807, 2.05) is 13.8 Å². The van der Waals surface area contributed by atoms with E-state index in [9.17, 15) is 18.0 Å². The van der Waals surface area contributed by atoms with Gasteiger partial charge in [-0.25, -0.2) is 13.2 Å². The maximum Gasteiger partial charge on any atom is 0.282 e. The number of carbonyl (C=O) groups excluding carboxylic acids is 1. The van der Waals surface area contributed by atoms with E-state index in [1.54, 1.807) is 6.92 Å². The summed E-state index contributed by atoms with van der Waals surface area (Å²) < 4.78 is 45.3. The quantitative estimate of drug-likeness (QED) is 0.821. The Morgan fingerprint density at radius 2 is 1.82 bits per heavy atom. The molecule has 0 radical (unpaired) electrons. The number of carbonyl (C=O) groups is 1. The summed E-state index contributed by atoms with van der Waals surface area (Å²) in [6.07, 6.45) is 0.0444. The third-order valence-corrected chi connectivity index (χ3v) is 3.86. The van der Waals surface area contributed by atoms with Crippen molar-refractivity contribution in [1.29, 1.82) is 0 Å². The summed E-state index contributed by atoms with van der Waals surface area (Å²) in [5.41, 5.74) is -0.357. The number of quaternary nitrogens is 1. The van der Waals surface area contributed by atoms with Gasteiger partial charge in [-0.05, 0) is 32.9 Å². The van der Waals surface area contributed by atoms with E-state index >= 15 is 0 Å². The summed E-state index contributed by atoms with van der Waals surface area (Å²) in [6.45, 7) is 6.87. The molecule has 1 saturated heterocycles. The molecule has 0 aliphatic carbocycles. The number of benzene rings is 1. The molecule has 1 aliphatic rings. The van der Waals surface area contributed by atoms with Crippen molar-refractivity contribution in [3.8, 4) is 0 Å². The number of rotatable bonds is 3. The van der Waals surface area contributed by atoms with E-state index in [-0.39, 0.29) is 17.9 Å². The van der Waals surface area contributed by atoms with Gasteiger partial charge < -0.3 is 15.0 Å². The van der Waals surface area contributed by atoms with Gasteiger partial charge in [0.15, 0.2) is 23.5 Å². The fourth-order valence-corrected chi connectivity index (χ4v) is 2.72. The molecule has 2 N–H and O–H groups in total. The Morgan fingerprint density at radius 1 is 1.23 bits per heavy atom. The van der Waals surface area contributed by atoms with Gasteiger partial charge in [0.2, 0.25) is 0 Å². The summed E-state index contributed by atoms with van der Waals surface area (Å²) in [5, 5.41) is 2.32. The Bertz CT molecular complexity index is 558. The lowest BCUT2D eigenvalue weighted by molar-refractivity contribution is -0.928. The maximum atomic E-state index is 13.6. The van der Waals surface area contributed by atoms with Gasteiger partial charge in [-0.2, -0.15) is 0 Å². The van der Waals surface area contributed by atoms with Gasteiger partial charge in [-0.15, -0.1) is 0 Å². The molecule has 4 nitrogen and oxygen atoms in total. The summed E-state index contributed by atoms with van der Waals surface area (Å²) in [7, 11) is 0. The second kappa shape index (κ2) is 6.66. The largest absolute Gasteiger partial charge is 0.364 e. The summed E-state index contributed by atoms with van der Waals surface area (Å²) >= 11 is 0. The molecule has 1 heterocycles. The van der Waals surface area contributed by atoms with Crippen LogP contribution in [0.3, 0.4) is 0 Å². The van der Waals surface area contributed by atoms with Crippen molar-refractivity contribution in [3.63, 3.8) is 0 Å². The number of morpholine rings is 1. The molecule has 1 aliphatic heterocycles. The molecule has 1 fully saturated rings. The summed E-state index contributed by atoms with van der Waals surface area (Å²) in [4.78, 5) is 13.2. The second-order valence-electron chi connectivity index (χ2n) is 5.76. The highest BCUT2D eigenvalue weighted by Gasteiger charge is 2.33. The Kier molecular flexibility index (Phi) is 5.08. The minimum atomic E-state index is -1.59. The van der Waals surface area contributed by atoms with Crippen molar-refractivity contribution in [2.75, 3.05) is 18.4 Å². The molecule has 3 atom stereocenters. The zero-order valence-corrected chi connectivity index (χ0v) is 12.8. The molecule has 7 heteroatoms. The fourth-order valence-electron chi connectivity index (χ4n) is 2.72. The minimum absolute atomic E-state index is 0.0222. The predicted molar refractivity (Wildman–Crippen MR) is 75.1 cm³/mol. The maximum absolute atomic E-state index is 13.6. The van der Waals surface area contributed by atoms with Crippen LogP contribution >= 0.6 is 0 Å². The van der Waals surface area contributed by atoms with Crippen LogP contribution in [0.4, 0.5) is 18.9 Å². The number of anilines is 1. The highest BCUT2D eigenvalue weighted by molar-refractivity contribution is 5.93. The highest BCUT2D eigenvalue weighted by atomic mass is 19.2. The molecular formula is C15H20F3N2O2+. The first-order valence-electron chi connectivity index (χ1n) is 7.24. The van der Waals surface area contributed by atoms with Gasteiger partial charge in [-0.3, -0.25) is 4.79 Å². The van der Waals surface area contributed by atoms with Crippen LogP contribution in [-0.2, 0) is 9.53 Å². The zero-order valence-electron chi connectivity index (χ0n) is 12.8. The number of hydrogen-bond acceptors (Lipinski definition) is 2. The van der Waals surface area contributed by atoms with Gasteiger partial charge in [0.1, 0.15) is 25.3 Å². The van der Waals surface area contributed by atoms with Crippen LogP contribution < -0.4 is 10.2 Å². The molecular weight excluding hydrogens is 297 g/mol. The molecule has 0 aromatic heterocycles. The summed E-state index contributed by atoms with van der Waals surface area (Å²) in [5.74, 6) is -4.71. The van der Waals surface area contributed by atoms with E-state index < -0.39 is 29.4 Å². The SMILES string of the molecule is C[C@H]1C[NH+]([C@@H](C)C(=O)Nc2ccc(F)c(F)c2F)C[C@H](C)O1. The average molecular weight is 317 g/mol. The molecule has 0 bridgehead atoms. The van der Waals surface area contributed by atoms with Gasteiger partial charge >= 0.3 is 0 Å². The normalized spacial score (nSPS) is 26.5. The molecule has 1 aromatic carbocycles. The first-order valence-corrected chi connectivity index (χ1v) is 7.24. The molecule has 1 aromatic rings. The Labute approximate surface area is 127 Å². The zero-order chi connectivity index (χ0) is 16.4. The van der Waals surface area contributed by atoms with Gasteiger partial charge in [0.05, 0.1) is 5.69 Å². The van der Waals surface area contributed by atoms with Crippen LogP contribution in [0.15, 0.2) is 12.1 Å². The number of hydrogen-bond donors (Lipinski definition) is 2. The van der Waals surface area contributed by atoms with Gasteiger partial charge in [0.25, 0.3) is 5.91 Å². The Morgan fingerprint density at radius 3 is 2.41 bits per heavy atom. The molecule has 122 valence electrons. The van der Waals surface area contributed by atoms with Crippen LogP contribution in [0.2, 0.25) is 0 Å². The van der Waals surface area contributed by atoms with Crippen molar-refractivity contribution in [1.82, 2.24) is 0 Å². The molecule has 0 spiro atoms. The number of halogens is 3. The van der Waals surface area contributed by atoms with Crippen LogP contribution in [0.1, 0.15) is 20.8 Å². The van der Waals surface area contributed by atoms with Crippen LogP contribution in [-0.4, -0.2) is 37.2 Å². The number of ether oxygens (including phenoxy) is 1. The summed E-state index contributed by atoms with van der Waals surface area (Å²) in [6, 6.07) is 1.34. The first kappa shape index (κ1) is 16.8. The van der Waals surface area contributed by atoms with Gasteiger partial charge in [0, 0.05) is 0 Å². The van der Waals surface area contributed by atoms with Gasteiger partial charge in [-0.1, -0.05) is 0 Å². The van der Waals surface area contributed by atoms with E-state index in [1.165, 1.54) is 0 Å².